The molecule has 0 amide bonds. The maximum absolute atomic E-state index is 11.5. The molecule has 1 N–H and O–H groups in total. The maximum atomic E-state index is 11.5. The molecule has 19 heavy (non-hydrogen) atoms. The van der Waals surface area contributed by atoms with Gasteiger partial charge in [-0.15, -0.1) is 0 Å². The highest BCUT2D eigenvalue weighted by Gasteiger charge is 2.27. The minimum atomic E-state index is -2.77. The Hall–Kier alpha value is -0.130. The van der Waals surface area contributed by atoms with Gasteiger partial charge in [0, 0.05) is 25.7 Å². The van der Waals surface area contributed by atoms with Crippen molar-refractivity contribution >= 4 is 9.84 Å². The van der Waals surface area contributed by atoms with Gasteiger partial charge in [0.05, 0.1) is 11.5 Å². The van der Waals surface area contributed by atoms with E-state index in [0.717, 1.165) is 25.6 Å². The molecule has 2 rings (SSSR count). The normalized spacial score (nSPS) is 29.4. The largest absolute Gasteiger partial charge is 0.315 e. The lowest BCUT2D eigenvalue weighted by atomic mass is 9.89. The molecule has 0 spiro atoms. The van der Waals surface area contributed by atoms with E-state index in [1.54, 1.807) is 0 Å². The lowest BCUT2D eigenvalue weighted by Crippen LogP contribution is -2.49. The van der Waals surface area contributed by atoms with Crippen LogP contribution in [0.25, 0.3) is 0 Å². The van der Waals surface area contributed by atoms with Crippen LogP contribution < -0.4 is 5.32 Å². The summed E-state index contributed by atoms with van der Waals surface area (Å²) in [6.45, 7) is 5.83. The van der Waals surface area contributed by atoms with Gasteiger partial charge in [-0.05, 0) is 32.2 Å². The second-order valence-corrected chi connectivity index (χ2v) is 8.44. The summed E-state index contributed by atoms with van der Waals surface area (Å²) in [5, 5.41) is 3.55. The van der Waals surface area contributed by atoms with Crippen LogP contribution in [0.2, 0.25) is 0 Å². The first-order valence-electron chi connectivity index (χ1n) is 7.72. The van der Waals surface area contributed by atoms with E-state index in [-0.39, 0.29) is 6.04 Å². The third kappa shape index (κ3) is 5.04. The van der Waals surface area contributed by atoms with E-state index in [0.29, 0.717) is 18.1 Å². The summed E-state index contributed by atoms with van der Waals surface area (Å²) < 4.78 is 23.0. The number of nitrogens with one attached hydrogen (secondary N) is 1. The van der Waals surface area contributed by atoms with E-state index in [9.17, 15) is 8.42 Å². The monoisotopic (exact) mass is 288 g/mol. The third-order valence-corrected chi connectivity index (χ3v) is 6.34. The Morgan fingerprint density at radius 2 is 1.95 bits per heavy atom. The zero-order valence-corrected chi connectivity index (χ0v) is 12.9. The van der Waals surface area contributed by atoms with Crippen molar-refractivity contribution in [3.63, 3.8) is 0 Å². The van der Waals surface area contributed by atoms with Gasteiger partial charge < -0.3 is 5.32 Å². The van der Waals surface area contributed by atoms with Gasteiger partial charge in [0.15, 0.2) is 9.84 Å². The van der Waals surface area contributed by atoms with Crippen LogP contribution >= 0.6 is 0 Å². The SMILES string of the molecule is CC1CS(=O)(=O)CCN1CCNCC1CCCCC1. The van der Waals surface area contributed by atoms with Gasteiger partial charge >= 0.3 is 0 Å². The Morgan fingerprint density at radius 3 is 2.63 bits per heavy atom. The van der Waals surface area contributed by atoms with Crippen LogP contribution in [-0.2, 0) is 9.84 Å². The molecule has 4 nitrogen and oxygen atoms in total. The molecular weight excluding hydrogens is 260 g/mol. The molecular formula is C14H28N2O2S. The van der Waals surface area contributed by atoms with Crippen LogP contribution in [0.4, 0.5) is 0 Å². The Bertz CT molecular complexity index is 364. The fourth-order valence-electron chi connectivity index (χ4n) is 3.29. The van der Waals surface area contributed by atoms with E-state index in [1.165, 1.54) is 32.1 Å². The first-order valence-corrected chi connectivity index (χ1v) is 9.54. The highest BCUT2D eigenvalue weighted by atomic mass is 32.2. The fourth-order valence-corrected chi connectivity index (χ4v) is 4.91. The lowest BCUT2D eigenvalue weighted by molar-refractivity contribution is 0.223. The summed E-state index contributed by atoms with van der Waals surface area (Å²) >= 11 is 0. The quantitative estimate of drug-likeness (QED) is 0.774. The molecule has 112 valence electrons. The van der Waals surface area contributed by atoms with Crippen LogP contribution in [-0.4, -0.2) is 57.0 Å². The van der Waals surface area contributed by atoms with E-state index < -0.39 is 9.84 Å². The molecule has 2 aliphatic rings. The molecule has 0 bridgehead atoms. The van der Waals surface area contributed by atoms with Crippen molar-refractivity contribution in [2.75, 3.05) is 37.7 Å². The maximum Gasteiger partial charge on any atom is 0.153 e. The molecule has 1 aliphatic heterocycles. The third-order valence-electron chi connectivity index (χ3n) is 4.54. The average molecular weight is 288 g/mol. The van der Waals surface area contributed by atoms with Crippen molar-refractivity contribution in [3.8, 4) is 0 Å². The highest BCUT2D eigenvalue weighted by Crippen LogP contribution is 2.22. The average Bonchev–Trinajstić information content (AvgIpc) is 2.37. The van der Waals surface area contributed by atoms with Gasteiger partial charge in [0.2, 0.25) is 0 Å². The fraction of sp³-hybridized carbons (Fsp3) is 1.00. The van der Waals surface area contributed by atoms with E-state index in [4.69, 9.17) is 0 Å². The van der Waals surface area contributed by atoms with E-state index >= 15 is 0 Å². The second kappa shape index (κ2) is 7.04. The summed E-state index contributed by atoms with van der Waals surface area (Å²) in [5.41, 5.74) is 0. The molecule has 0 aromatic rings. The van der Waals surface area contributed by atoms with Crippen LogP contribution in [0.1, 0.15) is 39.0 Å². The molecule has 2 fully saturated rings. The highest BCUT2D eigenvalue weighted by molar-refractivity contribution is 7.91. The molecule has 0 radical (unpaired) electrons. The smallest absolute Gasteiger partial charge is 0.153 e. The lowest BCUT2D eigenvalue weighted by Gasteiger charge is -2.33. The number of hydrogen-bond acceptors (Lipinski definition) is 4. The predicted molar refractivity (Wildman–Crippen MR) is 79.1 cm³/mol. The van der Waals surface area contributed by atoms with Gasteiger partial charge in [-0.1, -0.05) is 19.3 Å². The Labute approximate surface area is 117 Å². The molecule has 5 heteroatoms. The predicted octanol–water partition coefficient (Wildman–Crippen LogP) is 1.28. The van der Waals surface area contributed by atoms with Crippen molar-refractivity contribution in [2.24, 2.45) is 5.92 Å². The number of rotatable bonds is 5. The molecule has 1 unspecified atom stereocenters. The van der Waals surface area contributed by atoms with Gasteiger partial charge in [-0.2, -0.15) is 0 Å². The van der Waals surface area contributed by atoms with Crippen molar-refractivity contribution in [1.29, 1.82) is 0 Å². The zero-order valence-electron chi connectivity index (χ0n) is 12.1. The van der Waals surface area contributed by atoms with Gasteiger partial charge in [-0.3, -0.25) is 4.90 Å². The minimum absolute atomic E-state index is 0.176. The number of sulfone groups is 1. The molecule has 1 saturated carbocycles. The van der Waals surface area contributed by atoms with Crippen molar-refractivity contribution < 1.29 is 8.42 Å². The summed E-state index contributed by atoms with van der Waals surface area (Å²) in [4.78, 5) is 2.30. The van der Waals surface area contributed by atoms with Crippen LogP contribution in [0.5, 0.6) is 0 Å². The topological polar surface area (TPSA) is 49.4 Å². The first kappa shape index (κ1) is 15.3. The van der Waals surface area contributed by atoms with E-state index in [2.05, 4.69) is 10.2 Å². The summed E-state index contributed by atoms with van der Waals surface area (Å²) in [5.74, 6) is 1.53. The van der Waals surface area contributed by atoms with Crippen molar-refractivity contribution in [2.45, 2.75) is 45.1 Å². The van der Waals surface area contributed by atoms with Crippen molar-refractivity contribution in [3.05, 3.63) is 0 Å². The molecule has 0 aromatic heterocycles. The summed E-state index contributed by atoms with van der Waals surface area (Å²) in [6, 6.07) is 0.176. The molecule has 1 aliphatic carbocycles. The van der Waals surface area contributed by atoms with Crippen molar-refractivity contribution in [1.82, 2.24) is 10.2 Å². The Balaban J connectivity index is 1.60. The molecule has 0 aromatic carbocycles. The van der Waals surface area contributed by atoms with Gasteiger partial charge in [0.1, 0.15) is 0 Å². The van der Waals surface area contributed by atoms with Gasteiger partial charge in [0.25, 0.3) is 0 Å². The second-order valence-electron chi connectivity index (χ2n) is 6.21. The first-order chi connectivity index (χ1) is 9.07. The molecule has 1 atom stereocenters. The zero-order chi connectivity index (χ0) is 13.7. The number of nitrogens with zero attached hydrogens (tertiary/aromatic N) is 1. The summed E-state index contributed by atoms with van der Waals surface area (Å²) in [7, 11) is -2.77. The number of hydrogen-bond donors (Lipinski definition) is 1. The molecule has 1 heterocycles. The minimum Gasteiger partial charge on any atom is -0.315 e. The van der Waals surface area contributed by atoms with Gasteiger partial charge in [-0.25, -0.2) is 8.42 Å². The Kier molecular flexibility index (Phi) is 5.66. The summed E-state index contributed by atoms with van der Waals surface area (Å²) in [6.07, 6.45) is 6.97. The van der Waals surface area contributed by atoms with E-state index in [1.807, 2.05) is 6.92 Å². The Morgan fingerprint density at radius 1 is 1.21 bits per heavy atom. The standard InChI is InChI=1S/C14H28N2O2S/c1-13-12-19(17,18)10-9-16(13)8-7-15-11-14-5-3-2-4-6-14/h13-15H,2-12H2,1H3. The van der Waals surface area contributed by atoms with Crippen LogP contribution in [0.15, 0.2) is 0 Å². The van der Waals surface area contributed by atoms with Crippen LogP contribution in [0, 0.1) is 5.92 Å². The molecule has 1 saturated heterocycles. The van der Waals surface area contributed by atoms with Crippen LogP contribution in [0.3, 0.4) is 0 Å².